The lowest BCUT2D eigenvalue weighted by Gasteiger charge is -2.16. The molecule has 0 fully saturated rings. The van der Waals surface area contributed by atoms with Crippen molar-refractivity contribution in [3.05, 3.63) is 58.8 Å². The number of nitriles is 1. The van der Waals surface area contributed by atoms with Gasteiger partial charge >= 0.3 is 5.97 Å². The zero-order valence-electron chi connectivity index (χ0n) is 17.1. The van der Waals surface area contributed by atoms with Gasteiger partial charge in [-0.2, -0.15) is 5.26 Å². The predicted octanol–water partition coefficient (Wildman–Crippen LogP) is 2.85. The van der Waals surface area contributed by atoms with E-state index in [9.17, 15) is 19.6 Å². The number of carbonyl (C=O) groups excluding carboxylic acids is 3. The van der Waals surface area contributed by atoms with Gasteiger partial charge in [0.05, 0.1) is 35.2 Å². The van der Waals surface area contributed by atoms with Crippen LogP contribution in [0.5, 0.6) is 0 Å². The summed E-state index contributed by atoms with van der Waals surface area (Å²) < 4.78 is 4.97. The molecule has 1 atom stereocenters. The van der Waals surface area contributed by atoms with Crippen molar-refractivity contribution in [3.63, 3.8) is 0 Å². The molecule has 2 aromatic rings. The highest BCUT2D eigenvalue weighted by Crippen LogP contribution is 2.23. The Kier molecular flexibility index (Phi) is 8.56. The van der Waals surface area contributed by atoms with E-state index < -0.39 is 12.0 Å². The van der Waals surface area contributed by atoms with E-state index in [2.05, 4.69) is 10.3 Å². The summed E-state index contributed by atoms with van der Waals surface area (Å²) in [5.41, 5.74) is 1.78. The van der Waals surface area contributed by atoms with E-state index in [1.807, 2.05) is 36.4 Å². The Morgan fingerprint density at radius 1 is 1.27 bits per heavy atom. The smallest absolute Gasteiger partial charge is 0.340 e. The second-order valence-corrected chi connectivity index (χ2v) is 7.48. The van der Waals surface area contributed by atoms with Crippen molar-refractivity contribution < 1.29 is 19.1 Å². The molecule has 2 rings (SSSR count). The molecule has 1 aromatic heterocycles. The molecule has 30 heavy (non-hydrogen) atoms. The number of esters is 1. The third kappa shape index (κ3) is 6.42. The lowest BCUT2D eigenvalue weighted by atomic mass is 10.0. The van der Waals surface area contributed by atoms with Gasteiger partial charge in [0, 0.05) is 0 Å². The molecule has 7 nitrogen and oxygen atoms in total. The van der Waals surface area contributed by atoms with E-state index in [4.69, 9.17) is 4.74 Å². The van der Waals surface area contributed by atoms with Crippen LogP contribution in [-0.4, -0.2) is 41.0 Å². The number of aromatic nitrogens is 1. The average Bonchev–Trinajstić information content (AvgIpc) is 2.72. The van der Waals surface area contributed by atoms with Gasteiger partial charge < -0.3 is 10.1 Å². The largest absolute Gasteiger partial charge is 0.462 e. The summed E-state index contributed by atoms with van der Waals surface area (Å²) in [6.45, 7) is 4.99. The standard InChI is InChI=1S/C22H23N3O4S/c1-4-29-22(28)18-11-17(12-23)21(24-14(18)2)30-13-20(27)25-19(15(3)26)10-16-8-6-5-7-9-16/h5-9,11,19H,4,10,13H2,1-3H3,(H,25,27). The molecule has 8 heteroatoms. The number of aryl methyl sites for hydroxylation is 1. The van der Waals surface area contributed by atoms with Gasteiger partial charge in [0.1, 0.15) is 11.1 Å². The Labute approximate surface area is 179 Å². The van der Waals surface area contributed by atoms with Crippen molar-refractivity contribution in [3.8, 4) is 6.07 Å². The maximum atomic E-state index is 12.4. The van der Waals surface area contributed by atoms with Crippen LogP contribution >= 0.6 is 11.8 Å². The molecule has 0 saturated carbocycles. The average molecular weight is 426 g/mol. The van der Waals surface area contributed by atoms with Crippen LogP contribution in [0.3, 0.4) is 0 Å². The maximum Gasteiger partial charge on any atom is 0.340 e. The summed E-state index contributed by atoms with van der Waals surface area (Å²) in [7, 11) is 0. The molecular formula is C22H23N3O4S. The minimum Gasteiger partial charge on any atom is -0.462 e. The second kappa shape index (κ2) is 11.1. The number of ketones is 1. The number of rotatable bonds is 9. The van der Waals surface area contributed by atoms with E-state index in [1.165, 1.54) is 13.0 Å². The van der Waals surface area contributed by atoms with E-state index in [-0.39, 0.29) is 35.2 Å². The molecule has 0 aliphatic heterocycles. The Morgan fingerprint density at radius 3 is 2.57 bits per heavy atom. The van der Waals surface area contributed by atoms with Gasteiger partial charge in [0.25, 0.3) is 0 Å². The van der Waals surface area contributed by atoms with E-state index >= 15 is 0 Å². The monoisotopic (exact) mass is 425 g/mol. The van der Waals surface area contributed by atoms with Crippen LogP contribution in [0.2, 0.25) is 0 Å². The first kappa shape index (κ1) is 23.1. The first-order valence-electron chi connectivity index (χ1n) is 9.41. The van der Waals surface area contributed by atoms with Gasteiger partial charge in [-0.25, -0.2) is 9.78 Å². The normalized spacial score (nSPS) is 11.3. The SMILES string of the molecule is CCOC(=O)c1cc(C#N)c(SCC(=O)NC(Cc2ccccc2)C(C)=O)nc1C. The Balaban J connectivity index is 2.05. The maximum absolute atomic E-state index is 12.4. The molecule has 0 spiro atoms. The van der Waals surface area contributed by atoms with Crippen LogP contribution in [0.25, 0.3) is 0 Å². The molecule has 156 valence electrons. The zero-order chi connectivity index (χ0) is 22.1. The van der Waals surface area contributed by atoms with Crippen LogP contribution in [0, 0.1) is 18.3 Å². The van der Waals surface area contributed by atoms with Crippen molar-refractivity contribution in [1.29, 1.82) is 5.26 Å². The quantitative estimate of drug-likeness (QED) is 0.486. The molecule has 1 heterocycles. The van der Waals surface area contributed by atoms with Crippen molar-refractivity contribution in [1.82, 2.24) is 10.3 Å². The summed E-state index contributed by atoms with van der Waals surface area (Å²) in [5.74, 6) is -1.03. The number of amides is 1. The number of ether oxygens (including phenoxy) is 1. The van der Waals surface area contributed by atoms with Gasteiger partial charge in [-0.05, 0) is 38.8 Å². The topological polar surface area (TPSA) is 109 Å². The molecular weight excluding hydrogens is 402 g/mol. The second-order valence-electron chi connectivity index (χ2n) is 6.52. The number of benzene rings is 1. The lowest BCUT2D eigenvalue weighted by molar-refractivity contribution is -0.125. The first-order valence-corrected chi connectivity index (χ1v) is 10.4. The van der Waals surface area contributed by atoms with Gasteiger partial charge in [-0.15, -0.1) is 0 Å². The molecule has 1 unspecified atom stereocenters. The minimum atomic E-state index is -0.628. The summed E-state index contributed by atoms with van der Waals surface area (Å²) in [4.78, 5) is 40.6. The number of hydrogen-bond donors (Lipinski definition) is 1. The minimum absolute atomic E-state index is 0.0154. The number of nitrogens with zero attached hydrogens (tertiary/aromatic N) is 2. The Morgan fingerprint density at radius 2 is 1.97 bits per heavy atom. The van der Waals surface area contributed by atoms with Crippen LogP contribution in [0.4, 0.5) is 0 Å². The number of Topliss-reactive ketones (excluding diaryl/α,β-unsaturated/α-hetero) is 1. The van der Waals surface area contributed by atoms with Gasteiger partial charge in [-0.3, -0.25) is 9.59 Å². The summed E-state index contributed by atoms with van der Waals surface area (Å²) in [6, 6.07) is 12.2. The highest BCUT2D eigenvalue weighted by Gasteiger charge is 2.20. The van der Waals surface area contributed by atoms with Crippen molar-refractivity contribution in [2.75, 3.05) is 12.4 Å². The van der Waals surface area contributed by atoms with Crippen LogP contribution < -0.4 is 5.32 Å². The van der Waals surface area contributed by atoms with Crippen molar-refractivity contribution in [2.45, 2.75) is 38.3 Å². The number of carbonyl (C=O) groups is 3. The van der Waals surface area contributed by atoms with Gasteiger partial charge in [0.2, 0.25) is 5.91 Å². The molecule has 0 bridgehead atoms. The fourth-order valence-corrected chi connectivity index (χ4v) is 3.52. The Hall–Kier alpha value is -3.18. The van der Waals surface area contributed by atoms with Gasteiger partial charge in [0.15, 0.2) is 5.78 Å². The molecule has 1 amide bonds. The van der Waals surface area contributed by atoms with Crippen molar-refractivity contribution >= 4 is 29.4 Å². The van der Waals surface area contributed by atoms with E-state index in [1.54, 1.807) is 13.8 Å². The number of pyridine rings is 1. The molecule has 1 aromatic carbocycles. The zero-order valence-corrected chi connectivity index (χ0v) is 17.9. The predicted molar refractivity (Wildman–Crippen MR) is 113 cm³/mol. The van der Waals surface area contributed by atoms with E-state index in [0.29, 0.717) is 17.1 Å². The number of hydrogen-bond acceptors (Lipinski definition) is 7. The third-order valence-corrected chi connectivity index (χ3v) is 5.23. The number of thioether (sulfide) groups is 1. The third-order valence-electron chi connectivity index (χ3n) is 4.24. The van der Waals surface area contributed by atoms with Crippen molar-refractivity contribution in [2.24, 2.45) is 0 Å². The van der Waals surface area contributed by atoms with Crippen LogP contribution in [-0.2, 0) is 20.7 Å². The lowest BCUT2D eigenvalue weighted by Crippen LogP contribution is -2.42. The summed E-state index contributed by atoms with van der Waals surface area (Å²) in [6.07, 6.45) is 0.404. The van der Waals surface area contributed by atoms with Crippen LogP contribution in [0.1, 0.15) is 41.0 Å². The molecule has 1 N–H and O–H groups in total. The fourth-order valence-electron chi connectivity index (χ4n) is 2.70. The van der Waals surface area contributed by atoms with Crippen LogP contribution in [0.15, 0.2) is 41.4 Å². The number of nitrogens with one attached hydrogen (secondary N) is 1. The molecule has 0 radical (unpaired) electrons. The highest BCUT2D eigenvalue weighted by atomic mass is 32.2. The Bertz CT molecular complexity index is 970. The van der Waals surface area contributed by atoms with E-state index in [0.717, 1.165) is 17.3 Å². The molecule has 0 aliphatic carbocycles. The molecule has 0 saturated heterocycles. The summed E-state index contributed by atoms with van der Waals surface area (Å²) in [5, 5.41) is 12.5. The first-order chi connectivity index (χ1) is 14.3. The molecule has 0 aliphatic rings. The highest BCUT2D eigenvalue weighted by molar-refractivity contribution is 8.00. The summed E-state index contributed by atoms with van der Waals surface area (Å²) >= 11 is 1.08. The fraction of sp³-hybridized carbons (Fsp3) is 0.318. The van der Waals surface area contributed by atoms with Gasteiger partial charge in [-0.1, -0.05) is 42.1 Å².